The van der Waals surface area contributed by atoms with Crippen LogP contribution in [0.3, 0.4) is 0 Å². The summed E-state index contributed by atoms with van der Waals surface area (Å²) < 4.78 is 0. The minimum atomic E-state index is 0. The molecule has 2 nitrogen and oxygen atoms in total. The van der Waals surface area contributed by atoms with E-state index in [1.165, 1.54) is 5.56 Å². The first kappa shape index (κ1) is 13.6. The van der Waals surface area contributed by atoms with E-state index in [1.807, 2.05) is 18.2 Å². The topological polar surface area (TPSA) is 18.5 Å². The van der Waals surface area contributed by atoms with Gasteiger partial charge in [0, 0.05) is 5.56 Å². The lowest BCUT2D eigenvalue weighted by atomic mass is 10.1. The number of hydrogen-bond acceptors (Lipinski definition) is 2. The molecule has 0 saturated carbocycles. The molecule has 80 valence electrons. The molecule has 1 aromatic rings. The summed E-state index contributed by atoms with van der Waals surface area (Å²) in [7, 11) is 0. The van der Waals surface area contributed by atoms with Crippen LogP contribution in [0.1, 0.15) is 31.4 Å². The molecule has 1 aliphatic heterocycles. The first-order chi connectivity index (χ1) is 5.92. The van der Waals surface area contributed by atoms with Crippen LogP contribution >= 0.6 is 24.8 Å². The van der Waals surface area contributed by atoms with Crippen LogP contribution in [0, 0.1) is 0 Å². The third-order valence-electron chi connectivity index (χ3n) is 2.07. The maximum absolute atomic E-state index is 5.16. The fraction of sp³-hybridized carbons (Fsp3) is 0.400. The van der Waals surface area contributed by atoms with Crippen molar-refractivity contribution in [3.05, 3.63) is 29.8 Å². The predicted octanol–water partition coefficient (Wildman–Crippen LogP) is 3.70. The predicted molar refractivity (Wildman–Crippen MR) is 60.3 cm³/mol. The van der Waals surface area contributed by atoms with Crippen molar-refractivity contribution in [3.8, 4) is 5.75 Å². The normalized spacial score (nSPS) is 17.4. The van der Waals surface area contributed by atoms with Crippen molar-refractivity contribution in [3.63, 3.8) is 0 Å². The molecular weight excluding hydrogens is 223 g/mol. The van der Waals surface area contributed by atoms with E-state index in [0.29, 0.717) is 0 Å². The second-order valence-electron chi connectivity index (χ2n) is 2.99. The Morgan fingerprint density at radius 3 is 2.64 bits per heavy atom. The van der Waals surface area contributed by atoms with Crippen molar-refractivity contribution in [2.45, 2.75) is 25.9 Å². The molecule has 1 unspecified atom stereocenters. The maximum Gasteiger partial charge on any atom is 0.171 e. The van der Waals surface area contributed by atoms with E-state index in [0.717, 1.165) is 18.6 Å². The zero-order valence-electron chi connectivity index (χ0n) is 7.93. The Kier molecular flexibility index (Phi) is 5.93. The van der Waals surface area contributed by atoms with Crippen LogP contribution in [0.2, 0.25) is 0 Å². The van der Waals surface area contributed by atoms with Crippen LogP contribution in [0.15, 0.2) is 24.3 Å². The van der Waals surface area contributed by atoms with Gasteiger partial charge in [0.1, 0.15) is 6.10 Å². The first-order valence-corrected chi connectivity index (χ1v) is 4.34. The fourth-order valence-corrected chi connectivity index (χ4v) is 1.45. The molecule has 0 N–H and O–H groups in total. The lowest BCUT2D eigenvalue weighted by Gasteiger charge is -2.03. The number of para-hydroxylation sites is 1. The van der Waals surface area contributed by atoms with Crippen molar-refractivity contribution >= 4 is 24.8 Å². The number of fused-ring (bicyclic) bond motifs is 1. The van der Waals surface area contributed by atoms with E-state index in [-0.39, 0.29) is 30.9 Å². The molecule has 0 amide bonds. The molecule has 0 spiro atoms. The van der Waals surface area contributed by atoms with Gasteiger partial charge in [0.25, 0.3) is 0 Å². The minimum absolute atomic E-state index is 0. The van der Waals surface area contributed by atoms with Gasteiger partial charge in [-0.3, -0.25) is 0 Å². The van der Waals surface area contributed by atoms with Crippen LogP contribution in [0.5, 0.6) is 5.75 Å². The zero-order valence-corrected chi connectivity index (χ0v) is 9.57. The Balaban J connectivity index is 0.000000845. The van der Waals surface area contributed by atoms with Gasteiger partial charge >= 0.3 is 0 Å². The number of halogens is 2. The van der Waals surface area contributed by atoms with Gasteiger partial charge < -0.3 is 4.89 Å². The Morgan fingerprint density at radius 2 is 1.93 bits per heavy atom. The van der Waals surface area contributed by atoms with E-state index >= 15 is 0 Å². The third kappa shape index (κ3) is 2.53. The van der Waals surface area contributed by atoms with Crippen LogP contribution in [0.4, 0.5) is 0 Å². The second-order valence-corrected chi connectivity index (χ2v) is 2.99. The standard InChI is InChI=1S/C10H12O2.2ClH/c1-2-5-9-8-6-3-4-7-10(8)12-11-9;;/h3-4,6-7,9H,2,5H2,1H3;2*1H. The summed E-state index contributed by atoms with van der Waals surface area (Å²) in [4.78, 5) is 10.2. The molecule has 1 aliphatic rings. The summed E-state index contributed by atoms with van der Waals surface area (Å²) in [6, 6.07) is 7.96. The largest absolute Gasteiger partial charge is 0.337 e. The van der Waals surface area contributed by atoms with Gasteiger partial charge in [-0.1, -0.05) is 31.5 Å². The molecule has 2 rings (SSSR count). The molecule has 0 saturated heterocycles. The van der Waals surface area contributed by atoms with Crippen LogP contribution in [-0.4, -0.2) is 0 Å². The van der Waals surface area contributed by atoms with Gasteiger partial charge in [0.05, 0.1) is 0 Å². The summed E-state index contributed by atoms with van der Waals surface area (Å²) >= 11 is 0. The van der Waals surface area contributed by atoms with Crippen LogP contribution in [0.25, 0.3) is 0 Å². The third-order valence-corrected chi connectivity index (χ3v) is 2.07. The monoisotopic (exact) mass is 236 g/mol. The number of benzene rings is 1. The molecule has 0 radical (unpaired) electrons. The second kappa shape index (κ2) is 6.12. The zero-order chi connectivity index (χ0) is 8.39. The van der Waals surface area contributed by atoms with Gasteiger partial charge in [0.2, 0.25) is 0 Å². The van der Waals surface area contributed by atoms with Crippen LogP contribution in [-0.2, 0) is 4.89 Å². The highest BCUT2D eigenvalue weighted by Gasteiger charge is 2.24. The summed E-state index contributed by atoms with van der Waals surface area (Å²) in [5.41, 5.74) is 1.18. The van der Waals surface area contributed by atoms with Gasteiger partial charge in [-0.05, 0) is 12.5 Å². The fourth-order valence-electron chi connectivity index (χ4n) is 1.45. The average molecular weight is 237 g/mol. The van der Waals surface area contributed by atoms with Gasteiger partial charge in [-0.15, -0.1) is 24.8 Å². The quantitative estimate of drug-likeness (QED) is 0.730. The van der Waals surface area contributed by atoms with Gasteiger partial charge in [-0.25, -0.2) is 0 Å². The average Bonchev–Trinajstić information content (AvgIpc) is 2.50. The molecule has 0 bridgehead atoms. The Labute approximate surface area is 96.3 Å². The highest BCUT2D eigenvalue weighted by molar-refractivity contribution is 5.85. The number of hydrogen-bond donors (Lipinski definition) is 0. The Morgan fingerprint density at radius 1 is 1.21 bits per heavy atom. The highest BCUT2D eigenvalue weighted by Crippen LogP contribution is 2.36. The van der Waals surface area contributed by atoms with Crippen molar-refractivity contribution in [2.75, 3.05) is 0 Å². The summed E-state index contributed by atoms with van der Waals surface area (Å²) in [5, 5.41) is 0. The van der Waals surface area contributed by atoms with Crippen molar-refractivity contribution in [2.24, 2.45) is 0 Å². The van der Waals surface area contributed by atoms with Crippen molar-refractivity contribution in [1.29, 1.82) is 0 Å². The Hall–Kier alpha value is -0.440. The van der Waals surface area contributed by atoms with Gasteiger partial charge in [-0.2, -0.15) is 4.89 Å². The van der Waals surface area contributed by atoms with Gasteiger partial charge in [0.15, 0.2) is 5.75 Å². The smallest absolute Gasteiger partial charge is 0.171 e. The lowest BCUT2D eigenvalue weighted by Crippen LogP contribution is -1.95. The molecule has 1 heterocycles. The van der Waals surface area contributed by atoms with Crippen molar-refractivity contribution < 1.29 is 9.78 Å². The van der Waals surface area contributed by atoms with E-state index in [4.69, 9.17) is 9.78 Å². The maximum atomic E-state index is 5.16. The number of rotatable bonds is 2. The van der Waals surface area contributed by atoms with E-state index in [2.05, 4.69) is 13.0 Å². The van der Waals surface area contributed by atoms with Crippen molar-refractivity contribution in [1.82, 2.24) is 0 Å². The highest BCUT2D eigenvalue weighted by atomic mass is 35.5. The van der Waals surface area contributed by atoms with Crippen LogP contribution < -0.4 is 4.89 Å². The summed E-state index contributed by atoms with van der Waals surface area (Å²) in [6.07, 6.45) is 2.28. The molecule has 4 heteroatoms. The molecule has 14 heavy (non-hydrogen) atoms. The molecular formula is C10H14Cl2O2. The Bertz CT molecular complexity index is 277. The summed E-state index contributed by atoms with van der Waals surface area (Å²) in [5.74, 6) is 0.871. The summed E-state index contributed by atoms with van der Waals surface area (Å²) in [6.45, 7) is 2.14. The molecule has 1 aromatic carbocycles. The minimum Gasteiger partial charge on any atom is -0.337 e. The van der Waals surface area contributed by atoms with E-state index in [1.54, 1.807) is 0 Å². The molecule has 0 fully saturated rings. The SMILES string of the molecule is CCCC1OOc2ccccc21.Cl.Cl. The van der Waals surface area contributed by atoms with E-state index in [9.17, 15) is 0 Å². The van der Waals surface area contributed by atoms with E-state index < -0.39 is 0 Å². The first-order valence-electron chi connectivity index (χ1n) is 4.34. The lowest BCUT2D eigenvalue weighted by molar-refractivity contribution is -0.225. The molecule has 0 aromatic heterocycles. The molecule has 1 atom stereocenters. The molecule has 0 aliphatic carbocycles.